The fraction of sp³-hybridized carbons (Fsp3) is 0.357. The Morgan fingerprint density at radius 3 is 2.41 bits per heavy atom. The van der Waals surface area contributed by atoms with Crippen LogP contribution in [0.4, 0.5) is 11.5 Å². The van der Waals surface area contributed by atoms with E-state index in [1.54, 1.807) is 15.4 Å². The van der Waals surface area contributed by atoms with Crippen LogP contribution in [0.1, 0.15) is 36.8 Å². The van der Waals surface area contributed by atoms with Gasteiger partial charge in [-0.2, -0.15) is 0 Å². The first kappa shape index (κ1) is 24.2. The van der Waals surface area contributed by atoms with Gasteiger partial charge in [0.2, 0.25) is 0 Å². The quantitative estimate of drug-likeness (QED) is 0.364. The Bertz CT molecular complexity index is 1450. The summed E-state index contributed by atoms with van der Waals surface area (Å²) >= 11 is 6.90. The maximum atomic E-state index is 13.8. The number of para-hydroxylation sites is 1. The van der Waals surface area contributed by atoms with Crippen LogP contribution in [0.25, 0.3) is 11.7 Å². The molecule has 0 spiro atoms. The Morgan fingerprint density at radius 1 is 0.973 bits per heavy atom. The molecule has 0 bridgehead atoms. The zero-order valence-electron chi connectivity index (χ0n) is 20.8. The molecule has 2 aliphatic heterocycles. The van der Waals surface area contributed by atoms with Gasteiger partial charge in [-0.15, -0.1) is 0 Å². The number of benzene rings is 1. The normalized spacial score (nSPS) is 20.1. The van der Waals surface area contributed by atoms with Gasteiger partial charge in [0.1, 0.15) is 15.8 Å². The van der Waals surface area contributed by atoms with E-state index in [9.17, 15) is 9.59 Å². The number of thiocarbonyl (C=S) groups is 1. The number of thioether (sulfide) groups is 1. The molecule has 1 aromatic carbocycles. The third kappa shape index (κ3) is 4.55. The summed E-state index contributed by atoms with van der Waals surface area (Å²) in [5, 5.41) is 0. The van der Waals surface area contributed by atoms with Gasteiger partial charge in [0.15, 0.2) is 0 Å². The largest absolute Gasteiger partial charge is 0.368 e. The number of carbonyl (C=O) groups is 1. The molecule has 2 aromatic heterocycles. The molecule has 1 saturated carbocycles. The zero-order valence-corrected chi connectivity index (χ0v) is 22.4. The summed E-state index contributed by atoms with van der Waals surface area (Å²) in [6.07, 6.45) is 7.75. The first-order valence-electron chi connectivity index (χ1n) is 12.8. The molecule has 0 N–H and O–H groups in total. The van der Waals surface area contributed by atoms with Crippen LogP contribution in [0.5, 0.6) is 0 Å². The van der Waals surface area contributed by atoms with Crippen molar-refractivity contribution >= 4 is 57.4 Å². The summed E-state index contributed by atoms with van der Waals surface area (Å²) in [7, 11) is 0. The minimum atomic E-state index is -0.166. The van der Waals surface area contributed by atoms with Gasteiger partial charge < -0.3 is 9.80 Å². The number of hydrogen-bond acceptors (Lipinski definition) is 7. The van der Waals surface area contributed by atoms with E-state index >= 15 is 0 Å². The van der Waals surface area contributed by atoms with E-state index in [0.29, 0.717) is 26.3 Å². The summed E-state index contributed by atoms with van der Waals surface area (Å²) < 4.78 is 2.17. The third-order valence-electron chi connectivity index (χ3n) is 7.47. The smallest absolute Gasteiger partial charge is 0.267 e. The van der Waals surface area contributed by atoms with Crippen LogP contribution < -0.4 is 15.4 Å². The van der Waals surface area contributed by atoms with E-state index in [1.807, 2.05) is 31.3 Å². The molecule has 0 radical (unpaired) electrons. The summed E-state index contributed by atoms with van der Waals surface area (Å²) in [6.45, 7) is 5.06. The van der Waals surface area contributed by atoms with Crippen molar-refractivity contribution < 1.29 is 4.79 Å². The van der Waals surface area contributed by atoms with Crippen LogP contribution in [0, 0.1) is 6.92 Å². The predicted molar refractivity (Wildman–Crippen MR) is 154 cm³/mol. The SMILES string of the molecule is Cc1ccc2nc(N3CCN(c4ccccc4)CC3)c(C=C3SC(=S)N(C4CCCC4)C3=O)c(=O)n2c1. The average Bonchev–Trinajstić information content (AvgIpc) is 3.54. The lowest BCUT2D eigenvalue weighted by molar-refractivity contribution is -0.123. The molecule has 0 unspecified atom stereocenters. The molecule has 1 amide bonds. The molecule has 190 valence electrons. The lowest BCUT2D eigenvalue weighted by Gasteiger charge is -2.37. The standard InChI is InChI=1S/C28H29N5O2S2/c1-19-11-12-24-29-25(31-15-13-30(14-16-31)20-7-3-2-4-8-20)22(26(34)32(24)18-19)17-23-27(35)33(28(36)37-23)21-9-5-6-10-21/h2-4,7-8,11-12,17-18,21H,5-6,9-10,13-16H2,1H3. The molecule has 7 nitrogen and oxygen atoms in total. The summed E-state index contributed by atoms with van der Waals surface area (Å²) in [5.74, 6) is 0.545. The van der Waals surface area contributed by atoms with Crippen molar-refractivity contribution in [1.29, 1.82) is 0 Å². The van der Waals surface area contributed by atoms with E-state index in [-0.39, 0.29) is 17.5 Å². The molecule has 9 heteroatoms. The molecule has 37 heavy (non-hydrogen) atoms. The maximum Gasteiger partial charge on any atom is 0.267 e. The highest BCUT2D eigenvalue weighted by molar-refractivity contribution is 8.26. The molecule has 6 rings (SSSR count). The molecule has 3 fully saturated rings. The predicted octanol–water partition coefficient (Wildman–Crippen LogP) is 4.47. The molecular weight excluding hydrogens is 502 g/mol. The molecule has 1 aliphatic carbocycles. The Morgan fingerprint density at radius 2 is 1.68 bits per heavy atom. The molecule has 0 atom stereocenters. The van der Waals surface area contributed by atoms with Crippen LogP contribution in [-0.4, -0.2) is 56.7 Å². The second-order valence-electron chi connectivity index (χ2n) is 9.89. The van der Waals surface area contributed by atoms with E-state index in [4.69, 9.17) is 17.2 Å². The maximum absolute atomic E-state index is 13.8. The molecule has 4 heterocycles. The number of aryl methyl sites for hydroxylation is 1. The van der Waals surface area contributed by atoms with Gasteiger partial charge in [0, 0.05) is 44.1 Å². The Hall–Kier alpha value is -3.17. The highest BCUT2D eigenvalue weighted by Gasteiger charge is 2.38. The van der Waals surface area contributed by atoms with Gasteiger partial charge >= 0.3 is 0 Å². The van der Waals surface area contributed by atoms with E-state index < -0.39 is 0 Å². The number of anilines is 2. The first-order valence-corrected chi connectivity index (χ1v) is 14.1. The number of rotatable bonds is 4. The fourth-order valence-corrected chi connectivity index (χ4v) is 6.90. The van der Waals surface area contributed by atoms with Gasteiger partial charge in [-0.05, 0) is 49.6 Å². The number of fused-ring (bicyclic) bond motifs is 1. The van der Waals surface area contributed by atoms with Crippen LogP contribution in [-0.2, 0) is 4.79 Å². The van der Waals surface area contributed by atoms with Crippen LogP contribution in [0.15, 0.2) is 58.4 Å². The number of amides is 1. The van der Waals surface area contributed by atoms with Crippen molar-refractivity contribution in [2.75, 3.05) is 36.0 Å². The van der Waals surface area contributed by atoms with Gasteiger partial charge in [0.25, 0.3) is 11.5 Å². The second kappa shape index (κ2) is 9.95. The number of nitrogens with zero attached hydrogens (tertiary/aromatic N) is 5. The van der Waals surface area contributed by atoms with Gasteiger partial charge in [-0.3, -0.25) is 18.9 Å². The number of pyridine rings is 1. The molecule has 3 aliphatic rings. The zero-order chi connectivity index (χ0) is 25.5. The van der Waals surface area contributed by atoms with Crippen molar-refractivity contribution in [1.82, 2.24) is 14.3 Å². The molecular formula is C28H29N5O2S2. The molecule has 3 aromatic rings. The summed E-state index contributed by atoms with van der Waals surface area (Å²) in [6, 6.07) is 14.4. The number of hydrogen-bond donors (Lipinski definition) is 0. The number of aromatic nitrogens is 2. The average molecular weight is 532 g/mol. The topological polar surface area (TPSA) is 61.2 Å². The highest BCUT2D eigenvalue weighted by atomic mass is 32.2. The van der Waals surface area contributed by atoms with Crippen LogP contribution >= 0.6 is 24.0 Å². The van der Waals surface area contributed by atoms with E-state index in [2.05, 4.69) is 34.1 Å². The third-order valence-corrected chi connectivity index (χ3v) is 8.81. The number of piperazine rings is 1. The fourth-order valence-electron chi connectivity index (χ4n) is 5.52. The van der Waals surface area contributed by atoms with Gasteiger partial charge in [0.05, 0.1) is 10.5 Å². The van der Waals surface area contributed by atoms with Crippen LogP contribution in [0.3, 0.4) is 0 Å². The lowest BCUT2D eigenvalue weighted by Crippen LogP contribution is -2.47. The second-order valence-corrected chi connectivity index (χ2v) is 11.6. The van der Waals surface area contributed by atoms with Crippen molar-refractivity contribution in [3.8, 4) is 0 Å². The van der Waals surface area contributed by atoms with E-state index in [1.165, 1.54) is 17.4 Å². The number of carbonyl (C=O) groups excluding carboxylic acids is 1. The van der Waals surface area contributed by atoms with Crippen molar-refractivity contribution in [3.05, 3.63) is 75.0 Å². The Kier molecular flexibility index (Phi) is 6.50. The summed E-state index contributed by atoms with van der Waals surface area (Å²) in [4.78, 5) is 39.0. The van der Waals surface area contributed by atoms with Crippen LogP contribution in [0.2, 0.25) is 0 Å². The highest BCUT2D eigenvalue weighted by Crippen LogP contribution is 2.38. The van der Waals surface area contributed by atoms with Crippen molar-refractivity contribution in [2.24, 2.45) is 0 Å². The molecule has 2 saturated heterocycles. The monoisotopic (exact) mass is 531 g/mol. The van der Waals surface area contributed by atoms with E-state index in [0.717, 1.165) is 57.4 Å². The van der Waals surface area contributed by atoms with Gasteiger partial charge in [-0.25, -0.2) is 4.98 Å². The van der Waals surface area contributed by atoms with Crippen molar-refractivity contribution in [3.63, 3.8) is 0 Å². The van der Waals surface area contributed by atoms with Gasteiger partial charge in [-0.1, -0.05) is 61.1 Å². The Balaban J connectivity index is 1.38. The summed E-state index contributed by atoms with van der Waals surface area (Å²) in [5.41, 5.74) is 3.05. The lowest BCUT2D eigenvalue weighted by atomic mass is 10.2. The minimum Gasteiger partial charge on any atom is -0.368 e. The first-order chi connectivity index (χ1) is 18.0. The Labute approximate surface area is 225 Å². The van der Waals surface area contributed by atoms with Crippen molar-refractivity contribution in [2.45, 2.75) is 38.6 Å². The minimum absolute atomic E-state index is 0.0875.